The number of hydrogen-bond donors (Lipinski definition) is 1. The van der Waals surface area contributed by atoms with Gasteiger partial charge in [0.05, 0.1) is 4.92 Å². The summed E-state index contributed by atoms with van der Waals surface area (Å²) < 4.78 is 24.9. The second kappa shape index (κ2) is 5.72. The van der Waals surface area contributed by atoms with Crippen molar-refractivity contribution < 1.29 is 18.1 Å². The molecule has 0 fully saturated rings. The number of benzene rings is 1. The highest BCUT2D eigenvalue weighted by molar-refractivity contribution is 7.91. The molecule has 0 atom stereocenters. The Morgan fingerprint density at radius 3 is 2.52 bits per heavy atom. The number of amides is 1. The summed E-state index contributed by atoms with van der Waals surface area (Å²) in [5.74, 6) is -0.926. The van der Waals surface area contributed by atoms with Crippen LogP contribution in [0, 0.1) is 17.0 Å². The molecule has 0 spiro atoms. The van der Waals surface area contributed by atoms with Crippen molar-refractivity contribution >= 4 is 27.4 Å². The maximum atomic E-state index is 12.3. The number of tetrazole rings is 1. The van der Waals surface area contributed by atoms with E-state index in [-0.39, 0.29) is 11.5 Å². The Morgan fingerprint density at radius 2 is 2.04 bits per heavy atom. The van der Waals surface area contributed by atoms with E-state index in [1.54, 1.807) is 0 Å². The summed E-state index contributed by atoms with van der Waals surface area (Å²) in [6, 6.07) is 2.51. The normalized spacial score (nSPS) is 11.3. The van der Waals surface area contributed by atoms with Crippen LogP contribution in [-0.2, 0) is 16.9 Å². The monoisotopic (exact) mass is 340 g/mol. The minimum absolute atomic E-state index is 0.0363. The summed E-state index contributed by atoms with van der Waals surface area (Å²) >= 11 is 0. The largest absolute Gasteiger partial charge is 0.300 e. The van der Waals surface area contributed by atoms with Crippen molar-refractivity contribution in [3.63, 3.8) is 0 Å². The van der Waals surface area contributed by atoms with Gasteiger partial charge in [0.2, 0.25) is 5.95 Å². The van der Waals surface area contributed by atoms with Crippen LogP contribution < -0.4 is 5.32 Å². The molecule has 2 aromatic rings. The molecule has 2 rings (SSSR count). The molecular formula is C11H12N6O5S. The zero-order valence-corrected chi connectivity index (χ0v) is 13.2. The Bertz CT molecular complexity index is 904. The Labute approximate surface area is 130 Å². The number of anilines is 1. The molecule has 1 N–H and O–H groups in total. The molecule has 0 saturated heterocycles. The highest BCUT2D eigenvalue weighted by atomic mass is 32.2. The first kappa shape index (κ1) is 16.5. The van der Waals surface area contributed by atoms with Crippen LogP contribution in [-0.4, -0.2) is 45.7 Å². The average molecular weight is 340 g/mol. The molecule has 1 heterocycles. The fourth-order valence-electron chi connectivity index (χ4n) is 2.01. The van der Waals surface area contributed by atoms with E-state index in [0.29, 0.717) is 0 Å². The summed E-state index contributed by atoms with van der Waals surface area (Å²) in [6.45, 7) is 1.41. The number of nitrogens with zero attached hydrogens (tertiary/aromatic N) is 5. The van der Waals surface area contributed by atoms with Gasteiger partial charge < -0.3 is 0 Å². The van der Waals surface area contributed by atoms with Crippen molar-refractivity contribution in [2.75, 3.05) is 11.6 Å². The molecule has 0 aliphatic rings. The number of rotatable bonds is 4. The zero-order chi connectivity index (χ0) is 17.4. The zero-order valence-electron chi connectivity index (χ0n) is 12.3. The van der Waals surface area contributed by atoms with E-state index in [1.165, 1.54) is 26.1 Å². The number of carbonyl (C=O) groups is 1. The molecule has 0 unspecified atom stereocenters. The molecule has 122 valence electrons. The third kappa shape index (κ3) is 3.15. The van der Waals surface area contributed by atoms with Gasteiger partial charge in [0.25, 0.3) is 5.91 Å². The molecule has 0 saturated carbocycles. The number of nitro benzene ring substituents is 1. The third-order valence-electron chi connectivity index (χ3n) is 2.97. The van der Waals surface area contributed by atoms with Crippen LogP contribution in [0.5, 0.6) is 0 Å². The number of nitrogens with one attached hydrogen (secondary N) is 1. The van der Waals surface area contributed by atoms with Crippen molar-refractivity contribution in [3.05, 3.63) is 33.4 Å². The Balaban J connectivity index is 2.61. The van der Waals surface area contributed by atoms with Gasteiger partial charge in [-0.3, -0.25) is 20.2 Å². The molecule has 0 bridgehead atoms. The molecule has 23 heavy (non-hydrogen) atoms. The number of nitro groups is 1. The van der Waals surface area contributed by atoms with Gasteiger partial charge in [-0.2, -0.15) is 0 Å². The smallest absolute Gasteiger partial charge is 0.289 e. The van der Waals surface area contributed by atoms with Gasteiger partial charge >= 0.3 is 5.69 Å². The highest BCUT2D eigenvalue weighted by Crippen LogP contribution is 2.31. The highest BCUT2D eigenvalue weighted by Gasteiger charge is 2.31. The third-order valence-corrected chi connectivity index (χ3v) is 4.23. The molecule has 0 aliphatic heterocycles. The number of sulfone groups is 1. The summed E-state index contributed by atoms with van der Waals surface area (Å²) in [6.07, 6.45) is 0.844. The molecule has 0 aliphatic carbocycles. The van der Waals surface area contributed by atoms with Gasteiger partial charge in [-0.25, -0.2) is 13.1 Å². The first-order valence-electron chi connectivity index (χ1n) is 6.14. The molecule has 0 radical (unpaired) electrons. The summed E-state index contributed by atoms with van der Waals surface area (Å²) in [4.78, 5) is 22.2. The predicted molar refractivity (Wildman–Crippen MR) is 77.7 cm³/mol. The topological polar surface area (TPSA) is 150 Å². The van der Waals surface area contributed by atoms with E-state index >= 15 is 0 Å². The van der Waals surface area contributed by atoms with Crippen molar-refractivity contribution in [3.8, 4) is 0 Å². The van der Waals surface area contributed by atoms with E-state index in [4.69, 9.17) is 0 Å². The lowest BCUT2D eigenvalue weighted by atomic mass is 10.1. The van der Waals surface area contributed by atoms with Crippen LogP contribution >= 0.6 is 0 Å². The minimum atomic E-state index is -3.90. The molecule has 1 amide bonds. The average Bonchev–Trinajstić information content (AvgIpc) is 2.82. The maximum absolute atomic E-state index is 12.3. The van der Waals surface area contributed by atoms with Gasteiger partial charge in [0.1, 0.15) is 10.5 Å². The number of hydrogen-bond acceptors (Lipinski definition) is 8. The molecular weight excluding hydrogens is 328 g/mol. The van der Waals surface area contributed by atoms with Gasteiger partial charge in [-0.15, -0.1) is 0 Å². The lowest BCUT2D eigenvalue weighted by Crippen LogP contribution is -2.18. The van der Waals surface area contributed by atoms with E-state index in [1.807, 2.05) is 0 Å². The van der Waals surface area contributed by atoms with Crippen molar-refractivity contribution in [1.82, 2.24) is 20.2 Å². The van der Waals surface area contributed by atoms with E-state index in [0.717, 1.165) is 10.9 Å². The summed E-state index contributed by atoms with van der Waals surface area (Å²) in [5, 5.41) is 24.0. The second-order valence-corrected chi connectivity index (χ2v) is 6.67. The minimum Gasteiger partial charge on any atom is -0.289 e. The fourth-order valence-corrected chi connectivity index (χ4v) is 3.20. The van der Waals surface area contributed by atoms with Crippen LogP contribution in [0.4, 0.5) is 11.6 Å². The molecule has 1 aromatic heterocycles. The summed E-state index contributed by atoms with van der Waals surface area (Å²) in [7, 11) is -2.44. The quantitative estimate of drug-likeness (QED) is 0.607. The van der Waals surface area contributed by atoms with E-state index < -0.39 is 36.8 Å². The maximum Gasteiger partial charge on any atom is 0.300 e. The second-order valence-electron chi connectivity index (χ2n) is 4.72. The Morgan fingerprint density at radius 1 is 1.39 bits per heavy atom. The molecule has 12 heteroatoms. The summed E-state index contributed by atoms with van der Waals surface area (Å²) in [5.41, 5.74) is -1.000. The van der Waals surface area contributed by atoms with Crippen LogP contribution in [0.2, 0.25) is 0 Å². The first-order valence-corrected chi connectivity index (χ1v) is 8.04. The number of carbonyl (C=O) groups excluding carboxylic acids is 1. The van der Waals surface area contributed by atoms with Gasteiger partial charge in [-0.1, -0.05) is 11.2 Å². The van der Waals surface area contributed by atoms with Crippen molar-refractivity contribution in [2.45, 2.75) is 11.8 Å². The lowest BCUT2D eigenvalue weighted by Gasteiger charge is -2.09. The van der Waals surface area contributed by atoms with Gasteiger partial charge in [-0.05, 0) is 29.0 Å². The Hall–Kier alpha value is -2.89. The first-order chi connectivity index (χ1) is 10.6. The van der Waals surface area contributed by atoms with E-state index in [9.17, 15) is 23.3 Å². The van der Waals surface area contributed by atoms with Crippen molar-refractivity contribution in [1.29, 1.82) is 0 Å². The van der Waals surface area contributed by atoms with E-state index in [2.05, 4.69) is 20.8 Å². The number of aromatic nitrogens is 4. The van der Waals surface area contributed by atoms with Crippen LogP contribution in [0.1, 0.15) is 15.9 Å². The predicted octanol–water partition coefficient (Wildman–Crippen LogP) is 0.0825. The fraction of sp³-hybridized carbons (Fsp3) is 0.273. The molecule has 1 aromatic carbocycles. The number of aryl methyl sites for hydroxylation is 2. The van der Waals surface area contributed by atoms with Crippen LogP contribution in [0.15, 0.2) is 17.0 Å². The SMILES string of the molecule is Cc1ccc(C(=O)Nc2nnnn2C)c([N+](=O)[O-])c1S(C)(=O)=O. The standard InChI is InChI=1S/C11H12N6O5S/c1-6-4-5-7(8(17(19)20)9(6)23(3,21)22)10(18)12-11-13-14-15-16(11)2/h4-5H,1-3H3,(H,12,13,15,18). The van der Waals surface area contributed by atoms with Gasteiger partial charge in [0, 0.05) is 13.3 Å². The van der Waals surface area contributed by atoms with Crippen LogP contribution in [0.3, 0.4) is 0 Å². The Kier molecular flexibility index (Phi) is 4.10. The van der Waals surface area contributed by atoms with Crippen molar-refractivity contribution in [2.24, 2.45) is 7.05 Å². The van der Waals surface area contributed by atoms with Crippen LogP contribution in [0.25, 0.3) is 0 Å². The lowest BCUT2D eigenvalue weighted by molar-refractivity contribution is -0.388. The van der Waals surface area contributed by atoms with Gasteiger partial charge in [0.15, 0.2) is 9.84 Å². The molecule has 11 nitrogen and oxygen atoms in total.